The lowest BCUT2D eigenvalue weighted by Gasteiger charge is -2.10. The Bertz CT molecular complexity index is 553. The highest BCUT2D eigenvalue weighted by Crippen LogP contribution is 2.28. The molecule has 0 amide bonds. The van der Waals surface area contributed by atoms with E-state index < -0.39 is 0 Å². The Morgan fingerprint density at radius 2 is 1.76 bits per heavy atom. The molecule has 1 aromatic carbocycles. The highest BCUT2D eigenvalue weighted by atomic mass is 19.1. The van der Waals surface area contributed by atoms with Gasteiger partial charge in [-0.1, -0.05) is 6.07 Å². The van der Waals surface area contributed by atoms with Gasteiger partial charge in [-0.2, -0.15) is 0 Å². The number of hydrogen-bond donors (Lipinski definition) is 1. The zero-order valence-electron chi connectivity index (χ0n) is 10.2. The summed E-state index contributed by atoms with van der Waals surface area (Å²) in [6, 6.07) is 5.36. The van der Waals surface area contributed by atoms with Crippen molar-refractivity contribution in [3.63, 3.8) is 0 Å². The van der Waals surface area contributed by atoms with Crippen LogP contribution in [0.25, 0.3) is 11.1 Å². The number of hydrogen-bond acceptors (Lipinski definition) is 2. The first-order valence-electron chi connectivity index (χ1n) is 5.48. The van der Waals surface area contributed by atoms with Gasteiger partial charge in [0.15, 0.2) is 0 Å². The zero-order chi connectivity index (χ0) is 12.6. The van der Waals surface area contributed by atoms with Crippen LogP contribution in [-0.4, -0.2) is 4.98 Å². The van der Waals surface area contributed by atoms with E-state index in [1.165, 1.54) is 6.07 Å². The quantitative estimate of drug-likeness (QED) is 0.815. The van der Waals surface area contributed by atoms with Crippen LogP contribution in [0.15, 0.2) is 24.4 Å². The molecule has 0 unspecified atom stereocenters. The molecule has 0 bridgehead atoms. The van der Waals surface area contributed by atoms with Crippen LogP contribution in [0.2, 0.25) is 0 Å². The van der Waals surface area contributed by atoms with Crippen LogP contribution in [0.4, 0.5) is 10.2 Å². The topological polar surface area (TPSA) is 38.9 Å². The number of aromatic nitrogens is 1. The molecule has 17 heavy (non-hydrogen) atoms. The van der Waals surface area contributed by atoms with Crippen molar-refractivity contribution in [1.82, 2.24) is 4.98 Å². The molecule has 2 nitrogen and oxygen atoms in total. The molecule has 0 saturated heterocycles. The minimum absolute atomic E-state index is 0.214. The van der Waals surface area contributed by atoms with Gasteiger partial charge in [-0.15, -0.1) is 0 Å². The third-order valence-electron chi connectivity index (χ3n) is 2.84. The maximum Gasteiger partial charge on any atom is 0.131 e. The standard InChI is InChI=1S/C14H15FN2/c1-8-4-9(2)13(12(15)5-8)11-6-10(3)14(16)17-7-11/h4-7H,1-3H3,(H2,16,17). The first kappa shape index (κ1) is 11.6. The molecule has 88 valence electrons. The van der Waals surface area contributed by atoms with Crippen LogP contribution in [0, 0.1) is 26.6 Å². The second kappa shape index (κ2) is 4.17. The van der Waals surface area contributed by atoms with E-state index in [0.29, 0.717) is 11.4 Å². The molecule has 0 fully saturated rings. The summed E-state index contributed by atoms with van der Waals surface area (Å²) in [4.78, 5) is 4.07. The van der Waals surface area contributed by atoms with E-state index in [1.54, 1.807) is 6.20 Å². The molecular weight excluding hydrogens is 215 g/mol. The monoisotopic (exact) mass is 230 g/mol. The van der Waals surface area contributed by atoms with Crippen LogP contribution in [0.3, 0.4) is 0 Å². The molecule has 1 aromatic heterocycles. The SMILES string of the molecule is Cc1cc(C)c(-c2cnc(N)c(C)c2)c(F)c1. The number of benzene rings is 1. The normalized spacial score (nSPS) is 10.6. The van der Waals surface area contributed by atoms with Gasteiger partial charge in [-0.3, -0.25) is 0 Å². The van der Waals surface area contributed by atoms with Crippen LogP contribution < -0.4 is 5.73 Å². The summed E-state index contributed by atoms with van der Waals surface area (Å²) < 4.78 is 14.0. The third kappa shape index (κ3) is 2.13. The maximum absolute atomic E-state index is 14.0. The van der Waals surface area contributed by atoms with E-state index in [-0.39, 0.29) is 5.82 Å². The summed E-state index contributed by atoms with van der Waals surface area (Å²) in [7, 11) is 0. The Kier molecular flexibility index (Phi) is 2.84. The summed E-state index contributed by atoms with van der Waals surface area (Å²) in [5.41, 5.74) is 9.73. The maximum atomic E-state index is 14.0. The van der Waals surface area contributed by atoms with Gasteiger partial charge in [0.2, 0.25) is 0 Å². The number of nitrogen functional groups attached to an aromatic ring is 1. The number of rotatable bonds is 1. The van der Waals surface area contributed by atoms with Gasteiger partial charge < -0.3 is 5.73 Å². The van der Waals surface area contributed by atoms with Crippen LogP contribution >= 0.6 is 0 Å². The average Bonchev–Trinajstić information content (AvgIpc) is 2.21. The smallest absolute Gasteiger partial charge is 0.131 e. The van der Waals surface area contributed by atoms with Crippen molar-refractivity contribution in [2.24, 2.45) is 0 Å². The molecule has 0 atom stereocenters. The largest absolute Gasteiger partial charge is 0.383 e. The average molecular weight is 230 g/mol. The fourth-order valence-corrected chi connectivity index (χ4v) is 2.00. The minimum atomic E-state index is -0.214. The van der Waals surface area contributed by atoms with Crippen LogP contribution in [0.1, 0.15) is 16.7 Å². The van der Waals surface area contributed by atoms with Crippen molar-refractivity contribution in [1.29, 1.82) is 0 Å². The summed E-state index contributed by atoms with van der Waals surface area (Å²) in [5.74, 6) is 0.271. The van der Waals surface area contributed by atoms with Crippen molar-refractivity contribution < 1.29 is 4.39 Å². The van der Waals surface area contributed by atoms with E-state index in [0.717, 1.165) is 22.3 Å². The summed E-state index contributed by atoms with van der Waals surface area (Å²) in [6.45, 7) is 5.65. The van der Waals surface area contributed by atoms with Gasteiger partial charge in [0, 0.05) is 17.3 Å². The molecule has 0 aliphatic carbocycles. The Morgan fingerprint density at radius 1 is 1.06 bits per heavy atom. The Hall–Kier alpha value is -1.90. The lowest BCUT2D eigenvalue weighted by molar-refractivity contribution is 0.629. The Balaban J connectivity index is 2.64. The van der Waals surface area contributed by atoms with E-state index >= 15 is 0 Å². The lowest BCUT2D eigenvalue weighted by atomic mass is 9.98. The molecule has 0 saturated carbocycles. The number of nitrogens with zero attached hydrogens (tertiary/aromatic N) is 1. The predicted octanol–water partition coefficient (Wildman–Crippen LogP) is 3.40. The fraction of sp³-hybridized carbons (Fsp3) is 0.214. The molecule has 2 N–H and O–H groups in total. The highest BCUT2D eigenvalue weighted by molar-refractivity contribution is 5.69. The van der Waals surface area contributed by atoms with Crippen LogP contribution in [0.5, 0.6) is 0 Å². The number of pyridine rings is 1. The first-order valence-corrected chi connectivity index (χ1v) is 5.48. The molecule has 2 rings (SSSR count). The second-order valence-electron chi connectivity index (χ2n) is 4.36. The van der Waals surface area contributed by atoms with Crippen molar-refractivity contribution in [3.8, 4) is 11.1 Å². The lowest BCUT2D eigenvalue weighted by Crippen LogP contribution is -1.96. The van der Waals surface area contributed by atoms with Gasteiger partial charge in [0.25, 0.3) is 0 Å². The molecule has 3 heteroatoms. The predicted molar refractivity (Wildman–Crippen MR) is 68.3 cm³/mol. The van der Waals surface area contributed by atoms with Gasteiger partial charge in [-0.25, -0.2) is 9.37 Å². The first-order chi connectivity index (χ1) is 7.99. The number of aryl methyl sites for hydroxylation is 3. The number of anilines is 1. The molecule has 0 aliphatic rings. The Morgan fingerprint density at radius 3 is 2.35 bits per heavy atom. The molecule has 0 spiro atoms. The molecule has 0 radical (unpaired) electrons. The molecule has 2 aromatic rings. The van der Waals surface area contributed by atoms with Crippen molar-refractivity contribution in [3.05, 3.63) is 46.9 Å². The zero-order valence-corrected chi connectivity index (χ0v) is 10.2. The molecule has 0 aliphatic heterocycles. The van der Waals surface area contributed by atoms with Gasteiger partial charge >= 0.3 is 0 Å². The van der Waals surface area contributed by atoms with E-state index in [1.807, 2.05) is 32.9 Å². The molecular formula is C14H15FN2. The van der Waals surface area contributed by atoms with Crippen LogP contribution in [-0.2, 0) is 0 Å². The second-order valence-corrected chi connectivity index (χ2v) is 4.36. The fourth-order valence-electron chi connectivity index (χ4n) is 2.00. The van der Waals surface area contributed by atoms with E-state index in [9.17, 15) is 4.39 Å². The van der Waals surface area contributed by atoms with E-state index in [4.69, 9.17) is 5.73 Å². The Labute approximate surface area is 100 Å². The summed E-state index contributed by atoms with van der Waals surface area (Å²) in [6.07, 6.45) is 1.61. The minimum Gasteiger partial charge on any atom is -0.383 e. The summed E-state index contributed by atoms with van der Waals surface area (Å²) >= 11 is 0. The van der Waals surface area contributed by atoms with Gasteiger partial charge in [0.05, 0.1) is 0 Å². The number of halogens is 1. The molecule has 1 heterocycles. The van der Waals surface area contributed by atoms with E-state index in [2.05, 4.69) is 4.98 Å². The summed E-state index contributed by atoms with van der Waals surface area (Å²) in [5, 5.41) is 0. The van der Waals surface area contributed by atoms with Crippen molar-refractivity contribution >= 4 is 5.82 Å². The van der Waals surface area contributed by atoms with Gasteiger partial charge in [-0.05, 0) is 49.6 Å². The highest BCUT2D eigenvalue weighted by Gasteiger charge is 2.10. The van der Waals surface area contributed by atoms with Crippen molar-refractivity contribution in [2.45, 2.75) is 20.8 Å². The third-order valence-corrected chi connectivity index (χ3v) is 2.84. The van der Waals surface area contributed by atoms with Crippen molar-refractivity contribution in [2.75, 3.05) is 5.73 Å². The van der Waals surface area contributed by atoms with Gasteiger partial charge in [0.1, 0.15) is 11.6 Å². The number of nitrogens with two attached hydrogens (primary N) is 1.